The molecule has 1 aliphatic rings. The van der Waals surface area contributed by atoms with Gasteiger partial charge < -0.3 is 9.47 Å². The van der Waals surface area contributed by atoms with Crippen LogP contribution in [0.25, 0.3) is 0 Å². The molecule has 25 heavy (non-hydrogen) atoms. The Labute approximate surface area is 147 Å². The fourth-order valence-electron chi connectivity index (χ4n) is 2.09. The molecular weight excluding hydrogens is 375 g/mol. The molecular formula is C15H12ClFN2O5S. The van der Waals surface area contributed by atoms with Gasteiger partial charge in [-0.3, -0.25) is 10.2 Å². The van der Waals surface area contributed by atoms with Crippen molar-refractivity contribution >= 4 is 27.5 Å². The number of benzene rings is 2. The van der Waals surface area contributed by atoms with Crippen molar-refractivity contribution in [1.29, 1.82) is 0 Å². The Kier molecular flexibility index (Phi) is 4.80. The Morgan fingerprint density at radius 1 is 1.20 bits per heavy atom. The largest absolute Gasteiger partial charge is 0.485 e. The molecule has 0 unspecified atom stereocenters. The van der Waals surface area contributed by atoms with E-state index in [1.807, 2.05) is 10.3 Å². The van der Waals surface area contributed by atoms with E-state index in [9.17, 15) is 17.6 Å². The van der Waals surface area contributed by atoms with Crippen LogP contribution in [0, 0.1) is 5.82 Å². The molecule has 0 aromatic heterocycles. The van der Waals surface area contributed by atoms with Gasteiger partial charge in [-0.25, -0.2) is 12.8 Å². The second-order valence-electron chi connectivity index (χ2n) is 5.03. The Balaban J connectivity index is 1.66. The van der Waals surface area contributed by atoms with Gasteiger partial charge in [0, 0.05) is 5.02 Å². The summed E-state index contributed by atoms with van der Waals surface area (Å²) in [6.07, 6.45) is -1.06. The first-order chi connectivity index (χ1) is 11.9. The van der Waals surface area contributed by atoms with Crippen LogP contribution in [0.3, 0.4) is 0 Å². The second kappa shape index (κ2) is 6.87. The molecule has 10 heteroatoms. The molecule has 0 fully saturated rings. The molecule has 3 rings (SSSR count). The summed E-state index contributed by atoms with van der Waals surface area (Å²) < 4.78 is 48.7. The van der Waals surface area contributed by atoms with Gasteiger partial charge in [-0.2, -0.15) is 0 Å². The highest BCUT2D eigenvalue weighted by molar-refractivity contribution is 7.89. The smallest absolute Gasteiger partial charge is 0.279 e. The fourth-order valence-corrected chi connectivity index (χ4v) is 3.16. The van der Waals surface area contributed by atoms with E-state index >= 15 is 0 Å². The number of sulfonamides is 1. The molecule has 1 heterocycles. The first kappa shape index (κ1) is 17.5. The van der Waals surface area contributed by atoms with Crippen LogP contribution in [0.15, 0.2) is 47.4 Å². The highest BCUT2D eigenvalue weighted by Gasteiger charge is 2.29. The highest BCUT2D eigenvalue weighted by atomic mass is 35.5. The van der Waals surface area contributed by atoms with Gasteiger partial charge in [0.25, 0.3) is 15.9 Å². The molecule has 7 nitrogen and oxygen atoms in total. The zero-order valence-corrected chi connectivity index (χ0v) is 14.1. The van der Waals surface area contributed by atoms with Crippen molar-refractivity contribution in [2.24, 2.45) is 0 Å². The summed E-state index contributed by atoms with van der Waals surface area (Å²) in [5, 5.41) is 0.0481. The van der Waals surface area contributed by atoms with Gasteiger partial charge in [-0.05, 0) is 30.3 Å². The maximum atomic E-state index is 13.7. The van der Waals surface area contributed by atoms with E-state index in [-0.39, 0.29) is 11.6 Å². The third-order valence-electron chi connectivity index (χ3n) is 3.29. The van der Waals surface area contributed by atoms with E-state index in [2.05, 4.69) is 0 Å². The van der Waals surface area contributed by atoms with Crippen LogP contribution in [0.2, 0.25) is 5.02 Å². The molecule has 1 amide bonds. The van der Waals surface area contributed by atoms with Crippen LogP contribution in [-0.4, -0.2) is 27.0 Å². The highest BCUT2D eigenvalue weighted by Crippen LogP contribution is 2.30. The van der Waals surface area contributed by atoms with Crippen molar-refractivity contribution in [3.05, 3.63) is 53.3 Å². The predicted octanol–water partition coefficient (Wildman–Crippen LogP) is 1.63. The molecule has 0 aliphatic carbocycles. The van der Waals surface area contributed by atoms with Gasteiger partial charge >= 0.3 is 0 Å². The fraction of sp³-hybridized carbons (Fsp3) is 0.133. The average Bonchev–Trinajstić information content (AvgIpc) is 2.59. The molecule has 132 valence electrons. The van der Waals surface area contributed by atoms with Gasteiger partial charge in [0.15, 0.2) is 11.5 Å². The molecule has 0 saturated carbocycles. The van der Waals surface area contributed by atoms with Crippen LogP contribution < -0.4 is 19.7 Å². The van der Waals surface area contributed by atoms with E-state index < -0.39 is 32.7 Å². The Hall–Kier alpha value is -2.36. The lowest BCUT2D eigenvalue weighted by Crippen LogP contribution is -2.50. The van der Waals surface area contributed by atoms with Crippen LogP contribution in [-0.2, 0) is 14.8 Å². The number of rotatable bonds is 4. The zero-order chi connectivity index (χ0) is 18.0. The second-order valence-corrected chi connectivity index (χ2v) is 7.12. The van der Waals surface area contributed by atoms with Gasteiger partial charge in [-0.1, -0.05) is 23.7 Å². The average molecular weight is 387 g/mol. The topological polar surface area (TPSA) is 93.7 Å². The summed E-state index contributed by atoms with van der Waals surface area (Å²) in [4.78, 5) is 13.2. The van der Waals surface area contributed by atoms with Crippen molar-refractivity contribution in [1.82, 2.24) is 10.3 Å². The van der Waals surface area contributed by atoms with E-state index in [1.165, 1.54) is 6.07 Å². The number of fused-ring (bicyclic) bond motifs is 1. The zero-order valence-electron chi connectivity index (χ0n) is 12.5. The van der Waals surface area contributed by atoms with Crippen molar-refractivity contribution in [2.45, 2.75) is 11.0 Å². The standard InChI is InChI=1S/C15H12ClFN2O5S/c16-9-5-6-14(10(17)7-9)25(21,22)19-18-15(20)13-8-23-11-3-1-2-4-12(11)24-13/h1-7,13,19H,8H2,(H,18,20)/t13-/m0/s1. The minimum Gasteiger partial charge on any atom is -0.485 e. The molecule has 2 aromatic carbocycles. The van der Waals surface area contributed by atoms with E-state index in [1.54, 1.807) is 24.3 Å². The van der Waals surface area contributed by atoms with E-state index in [4.69, 9.17) is 21.1 Å². The number of hydrazine groups is 1. The number of carbonyl (C=O) groups excluding carboxylic acids is 1. The van der Waals surface area contributed by atoms with E-state index in [0.717, 1.165) is 12.1 Å². The number of carbonyl (C=O) groups is 1. The number of para-hydroxylation sites is 2. The number of halogens is 2. The SMILES string of the molecule is O=C(NNS(=O)(=O)c1ccc(Cl)cc1F)[C@@H]1COc2ccccc2O1. The predicted molar refractivity (Wildman–Crippen MR) is 86.2 cm³/mol. The van der Waals surface area contributed by atoms with Crippen molar-refractivity contribution in [3.8, 4) is 11.5 Å². The summed E-state index contributed by atoms with van der Waals surface area (Å²) in [6.45, 7) is -0.0973. The number of amides is 1. The quantitative estimate of drug-likeness (QED) is 0.779. The number of hydrogen-bond acceptors (Lipinski definition) is 5. The summed E-state index contributed by atoms with van der Waals surface area (Å²) in [5.41, 5.74) is 1.98. The minimum absolute atomic E-state index is 0.0481. The molecule has 1 atom stereocenters. The number of ether oxygens (including phenoxy) is 2. The Bertz CT molecular complexity index is 922. The van der Waals surface area contributed by atoms with Gasteiger partial charge in [-0.15, -0.1) is 4.83 Å². The first-order valence-corrected chi connectivity index (χ1v) is 8.88. The normalized spacial score (nSPS) is 16.3. The van der Waals surface area contributed by atoms with Gasteiger partial charge in [0.2, 0.25) is 6.10 Å². The molecule has 0 bridgehead atoms. The lowest BCUT2D eigenvalue weighted by Gasteiger charge is -2.25. The molecule has 1 aliphatic heterocycles. The summed E-state index contributed by atoms with van der Waals surface area (Å²) in [5.74, 6) is -0.983. The maximum absolute atomic E-state index is 13.7. The van der Waals surface area contributed by atoms with Crippen LogP contribution in [0.1, 0.15) is 0 Å². The molecule has 2 N–H and O–H groups in total. The number of nitrogens with one attached hydrogen (secondary N) is 2. The first-order valence-electron chi connectivity index (χ1n) is 7.02. The summed E-state index contributed by atoms with van der Waals surface area (Å²) >= 11 is 5.58. The van der Waals surface area contributed by atoms with Gasteiger partial charge in [0.05, 0.1) is 0 Å². The monoisotopic (exact) mass is 386 g/mol. The summed E-state index contributed by atoms with van der Waals surface area (Å²) in [7, 11) is -4.31. The third kappa shape index (κ3) is 3.84. The number of hydrogen-bond donors (Lipinski definition) is 2. The Morgan fingerprint density at radius 3 is 2.64 bits per heavy atom. The molecule has 0 spiro atoms. The maximum Gasteiger partial charge on any atom is 0.279 e. The Morgan fingerprint density at radius 2 is 1.92 bits per heavy atom. The van der Waals surface area contributed by atoms with E-state index in [0.29, 0.717) is 11.5 Å². The van der Waals surface area contributed by atoms with Crippen LogP contribution in [0.4, 0.5) is 4.39 Å². The van der Waals surface area contributed by atoms with Crippen molar-refractivity contribution in [3.63, 3.8) is 0 Å². The minimum atomic E-state index is -4.31. The lowest BCUT2D eigenvalue weighted by atomic mass is 10.2. The lowest BCUT2D eigenvalue weighted by molar-refractivity contribution is -0.130. The third-order valence-corrected chi connectivity index (χ3v) is 4.81. The van der Waals surface area contributed by atoms with Crippen molar-refractivity contribution in [2.75, 3.05) is 6.61 Å². The summed E-state index contributed by atoms with van der Waals surface area (Å²) in [6, 6.07) is 9.80. The van der Waals surface area contributed by atoms with Crippen LogP contribution >= 0.6 is 11.6 Å². The molecule has 0 saturated heterocycles. The van der Waals surface area contributed by atoms with Gasteiger partial charge in [0.1, 0.15) is 17.3 Å². The van der Waals surface area contributed by atoms with Crippen LogP contribution in [0.5, 0.6) is 11.5 Å². The molecule has 2 aromatic rings. The molecule has 0 radical (unpaired) electrons. The van der Waals surface area contributed by atoms with Crippen molar-refractivity contribution < 1.29 is 27.1 Å².